The highest BCUT2D eigenvalue weighted by Gasteiger charge is 2.56. The maximum atomic E-state index is 4.01. The Balaban J connectivity index is 1.06. The minimum atomic E-state index is -0.684. The topological polar surface area (TPSA) is 14.0 Å². The van der Waals surface area contributed by atoms with Crippen LogP contribution in [-0.4, -0.2) is 16.3 Å². The second-order valence-electron chi connectivity index (χ2n) is 24.8. The third-order valence-electron chi connectivity index (χ3n) is 17.4. The van der Waals surface area contributed by atoms with Crippen molar-refractivity contribution >= 4 is 34.9 Å². The van der Waals surface area contributed by atoms with Gasteiger partial charge in [-0.1, -0.05) is 180 Å². The lowest BCUT2D eigenvalue weighted by Gasteiger charge is -2.29. The number of pyridine rings is 2. The number of anilines is 3. The van der Waals surface area contributed by atoms with Crippen molar-refractivity contribution in [1.29, 1.82) is 0 Å². The lowest BCUT2D eigenvalue weighted by atomic mass is 9.92. The van der Waals surface area contributed by atoms with E-state index in [4.69, 9.17) is 0 Å². The minimum Gasteiger partial charge on any atom is -0.311 e. The molecular formula is C82H83N4+3. The normalized spacial score (nSPS) is 13.9. The molecule has 0 saturated carbocycles. The van der Waals surface area contributed by atoms with Gasteiger partial charge in [-0.3, -0.25) is 0 Å². The van der Waals surface area contributed by atoms with E-state index in [1.54, 1.807) is 0 Å². The highest BCUT2D eigenvalue weighted by Crippen LogP contribution is 2.38. The van der Waals surface area contributed by atoms with Gasteiger partial charge in [0, 0.05) is 70.5 Å². The molecule has 0 radical (unpaired) electrons. The number of aryl methyl sites for hydroxylation is 3. The van der Waals surface area contributed by atoms with Crippen molar-refractivity contribution in [1.82, 2.24) is 0 Å². The number of benzene rings is 8. The van der Waals surface area contributed by atoms with Crippen LogP contribution < -0.4 is 14.0 Å². The van der Waals surface area contributed by atoms with E-state index in [0.717, 1.165) is 64.3 Å². The molecule has 428 valence electrons. The Bertz CT molecular complexity index is 4070. The number of aromatic nitrogens is 2. The molecule has 4 heteroatoms. The molecule has 10 aromatic rings. The predicted octanol–water partition coefficient (Wildman–Crippen LogP) is 19.9. The molecular weight excluding hydrogens is 1040 g/mol. The molecule has 86 heavy (non-hydrogen) atoms. The van der Waals surface area contributed by atoms with Gasteiger partial charge in [0.05, 0.1) is 6.92 Å². The first kappa shape index (κ1) is 58.5. The van der Waals surface area contributed by atoms with E-state index < -0.39 is 5.66 Å². The molecule has 2 aromatic heterocycles. The summed E-state index contributed by atoms with van der Waals surface area (Å²) in [5.41, 5.74) is 25.5. The SMILES string of the molecule is C=Cc1ccc(N(c2ccc(C=C)cc2)c2ccc(-c3ccc(C)c(C4=[N+](C(C)(C[n+]5ccccc5-c5cc(-c6ccc(CC(C)C)cc6)ccc5C)[n+]5ccccc5-c5cc(-c6ccc(CC(C)C)cc6)ccc5C)C(C)CC=C4)c3)cc2)cc1. The van der Waals surface area contributed by atoms with Crippen molar-refractivity contribution in [3.05, 3.63) is 295 Å². The van der Waals surface area contributed by atoms with E-state index in [9.17, 15) is 0 Å². The molecule has 0 amide bonds. The summed E-state index contributed by atoms with van der Waals surface area (Å²) < 4.78 is 7.85. The Morgan fingerprint density at radius 3 is 1.37 bits per heavy atom. The van der Waals surface area contributed by atoms with Crippen LogP contribution in [0.25, 0.3) is 68.0 Å². The summed E-state index contributed by atoms with van der Waals surface area (Å²) in [5.74, 6) is 1.21. The quantitative estimate of drug-likeness (QED) is 0.0736. The Labute approximate surface area is 512 Å². The Hall–Kier alpha value is -9.25. The van der Waals surface area contributed by atoms with Crippen LogP contribution >= 0.6 is 0 Å². The average molecular weight is 1120 g/mol. The van der Waals surface area contributed by atoms with Crippen molar-refractivity contribution in [3.8, 4) is 55.9 Å². The molecule has 4 nitrogen and oxygen atoms in total. The van der Waals surface area contributed by atoms with Gasteiger partial charge in [0.15, 0.2) is 18.4 Å². The van der Waals surface area contributed by atoms with Gasteiger partial charge in [0.25, 0.3) is 6.54 Å². The number of hydrogen-bond donors (Lipinski definition) is 0. The summed E-state index contributed by atoms with van der Waals surface area (Å²) in [6.07, 6.45) is 16.2. The largest absolute Gasteiger partial charge is 0.413 e. The highest BCUT2D eigenvalue weighted by atomic mass is 15.3. The van der Waals surface area contributed by atoms with Gasteiger partial charge in [-0.2, -0.15) is 9.14 Å². The van der Waals surface area contributed by atoms with E-state index in [2.05, 4.69) is 331 Å². The van der Waals surface area contributed by atoms with Crippen LogP contribution in [0.15, 0.2) is 250 Å². The standard InChI is InChI=1S/C82H83N4/c1-12-63-30-43-73(44-31-63)85(74-45-32-64(13-2)33-46-74)75-47-41-69(42-48-75)72-36-25-61(9)78(55-72)81-22-18-19-62(10)86(81)82(11,84-50-17-15-21-80(84)77-54-71(35-24-60(77)8)68-39-28-66(29-40-68)52-58(5)6)56-83-49-16-14-20-79(83)76-53-70(34-23-59(76)7)67-37-26-65(27-38-67)51-57(3)4/h12-18,20-50,53-55,57-58,62H,1-2,19,51-52,56H2,3-11H3/q+3. The van der Waals surface area contributed by atoms with Crippen LogP contribution in [0, 0.1) is 32.6 Å². The first-order valence-electron chi connectivity index (χ1n) is 30.9. The highest BCUT2D eigenvalue weighted by molar-refractivity contribution is 6.07. The molecule has 0 spiro atoms. The summed E-state index contributed by atoms with van der Waals surface area (Å²) in [4.78, 5) is 2.31. The van der Waals surface area contributed by atoms with Crippen molar-refractivity contribution < 1.29 is 13.7 Å². The van der Waals surface area contributed by atoms with E-state index in [1.807, 2.05) is 12.2 Å². The molecule has 11 rings (SSSR count). The smallest absolute Gasteiger partial charge is 0.311 e. The van der Waals surface area contributed by atoms with Crippen molar-refractivity contribution in [3.63, 3.8) is 0 Å². The van der Waals surface area contributed by atoms with Crippen LogP contribution in [0.2, 0.25) is 0 Å². The monoisotopic (exact) mass is 1120 g/mol. The zero-order valence-corrected chi connectivity index (χ0v) is 51.9. The Kier molecular flexibility index (Phi) is 17.4. The maximum Gasteiger partial charge on any atom is 0.413 e. The summed E-state index contributed by atoms with van der Waals surface area (Å²) in [6.45, 7) is 29.5. The predicted molar refractivity (Wildman–Crippen MR) is 364 cm³/mol. The number of allylic oxidation sites excluding steroid dienone is 1. The van der Waals surface area contributed by atoms with E-state index in [1.165, 1.54) is 78.2 Å². The number of nitrogens with zero attached hydrogens (tertiary/aromatic N) is 4. The molecule has 1 aliphatic heterocycles. The lowest BCUT2D eigenvalue weighted by molar-refractivity contribution is -0.968. The molecule has 2 atom stereocenters. The third kappa shape index (κ3) is 12.4. The summed E-state index contributed by atoms with van der Waals surface area (Å²) in [5, 5.41) is 0. The summed E-state index contributed by atoms with van der Waals surface area (Å²) in [6, 6.07) is 79.3. The van der Waals surface area contributed by atoms with Gasteiger partial charge in [-0.25, -0.2) is 0 Å². The van der Waals surface area contributed by atoms with Gasteiger partial charge in [-0.15, -0.1) is 4.57 Å². The van der Waals surface area contributed by atoms with E-state index in [0.29, 0.717) is 18.4 Å². The molecule has 8 aromatic carbocycles. The van der Waals surface area contributed by atoms with E-state index in [-0.39, 0.29) is 6.04 Å². The fourth-order valence-electron chi connectivity index (χ4n) is 12.9. The van der Waals surface area contributed by atoms with E-state index >= 15 is 0 Å². The molecule has 0 saturated heterocycles. The fourth-order valence-corrected chi connectivity index (χ4v) is 12.9. The second-order valence-corrected chi connectivity index (χ2v) is 24.8. The van der Waals surface area contributed by atoms with Crippen molar-refractivity contribution in [2.24, 2.45) is 11.8 Å². The summed E-state index contributed by atoms with van der Waals surface area (Å²) in [7, 11) is 0. The van der Waals surface area contributed by atoms with Crippen LogP contribution in [0.3, 0.4) is 0 Å². The number of rotatable bonds is 19. The van der Waals surface area contributed by atoms with Crippen LogP contribution in [-0.2, 0) is 25.0 Å². The first-order valence-corrected chi connectivity index (χ1v) is 30.9. The Morgan fingerprint density at radius 1 is 0.488 bits per heavy atom. The maximum absolute atomic E-state index is 4.01. The minimum absolute atomic E-state index is 0.128. The average Bonchev–Trinajstić information content (AvgIpc) is 3.63. The first-order chi connectivity index (χ1) is 41.7. The van der Waals surface area contributed by atoms with Crippen molar-refractivity contribution in [2.75, 3.05) is 4.90 Å². The van der Waals surface area contributed by atoms with Gasteiger partial charge >= 0.3 is 5.66 Å². The van der Waals surface area contributed by atoms with Gasteiger partial charge in [0.1, 0.15) is 0 Å². The van der Waals surface area contributed by atoms with Gasteiger partial charge in [0.2, 0.25) is 17.1 Å². The van der Waals surface area contributed by atoms with Gasteiger partial charge < -0.3 is 4.90 Å². The zero-order valence-electron chi connectivity index (χ0n) is 51.9. The molecule has 0 aliphatic carbocycles. The molecule has 0 fully saturated rings. The summed E-state index contributed by atoms with van der Waals surface area (Å²) >= 11 is 0. The molecule has 1 aliphatic rings. The fraction of sp³-hybridized carbons (Fsp3) is 0.207. The lowest BCUT2D eigenvalue weighted by Crippen LogP contribution is -2.70. The van der Waals surface area contributed by atoms with Crippen LogP contribution in [0.4, 0.5) is 17.1 Å². The third-order valence-corrected chi connectivity index (χ3v) is 17.4. The molecule has 0 N–H and O–H groups in total. The number of hydrogen-bond acceptors (Lipinski definition) is 1. The molecule has 0 bridgehead atoms. The second kappa shape index (κ2) is 25.5. The zero-order chi connectivity index (χ0) is 60.1. The Morgan fingerprint density at radius 2 is 0.895 bits per heavy atom. The van der Waals surface area contributed by atoms with Crippen LogP contribution in [0.5, 0.6) is 0 Å². The molecule has 2 unspecified atom stereocenters. The van der Waals surface area contributed by atoms with Crippen molar-refractivity contribution in [2.45, 2.75) is 99.8 Å². The molecule has 3 heterocycles. The van der Waals surface area contributed by atoms with Gasteiger partial charge in [-0.05, 0) is 191 Å². The van der Waals surface area contributed by atoms with Crippen LogP contribution in [0.1, 0.15) is 92.5 Å².